The zero-order chi connectivity index (χ0) is 16.2. The topological polar surface area (TPSA) is 129 Å². The summed E-state index contributed by atoms with van der Waals surface area (Å²) in [7, 11) is 0. The van der Waals surface area contributed by atoms with Crippen LogP contribution in [0.4, 0.5) is 0 Å². The second kappa shape index (κ2) is 7.34. The van der Waals surface area contributed by atoms with Crippen LogP contribution in [0.2, 0.25) is 0 Å². The van der Waals surface area contributed by atoms with Gasteiger partial charge in [-0.1, -0.05) is 0 Å². The maximum Gasteiger partial charge on any atom is 0.305 e. The van der Waals surface area contributed by atoms with Gasteiger partial charge in [0.1, 0.15) is 24.9 Å². The van der Waals surface area contributed by atoms with Crippen molar-refractivity contribution in [1.82, 2.24) is 0 Å². The highest BCUT2D eigenvalue weighted by atomic mass is 16.7. The molecule has 9 heteroatoms. The molecule has 0 aromatic rings. The first-order valence-corrected chi connectivity index (χ1v) is 6.21. The van der Waals surface area contributed by atoms with Crippen molar-refractivity contribution in [3.05, 3.63) is 0 Å². The summed E-state index contributed by atoms with van der Waals surface area (Å²) >= 11 is 0. The number of aliphatic hydroxyl groups excluding tert-OH is 2. The van der Waals surface area contributed by atoms with Crippen LogP contribution < -0.4 is 0 Å². The average molecular weight is 306 g/mol. The van der Waals surface area contributed by atoms with Gasteiger partial charge >= 0.3 is 17.9 Å². The van der Waals surface area contributed by atoms with Crippen molar-refractivity contribution < 1.29 is 43.5 Å². The van der Waals surface area contributed by atoms with Gasteiger partial charge < -0.3 is 29.2 Å². The highest BCUT2D eigenvalue weighted by Crippen LogP contribution is 2.25. The predicted molar refractivity (Wildman–Crippen MR) is 64.6 cm³/mol. The quantitative estimate of drug-likeness (QED) is 0.470. The van der Waals surface area contributed by atoms with E-state index in [0.29, 0.717) is 0 Å². The maximum atomic E-state index is 11.0. The fourth-order valence-corrected chi connectivity index (χ4v) is 1.82. The molecule has 0 spiro atoms. The number of carbonyl (C=O) groups excluding carboxylic acids is 3. The lowest BCUT2D eigenvalue weighted by Gasteiger charge is -2.40. The van der Waals surface area contributed by atoms with E-state index in [2.05, 4.69) is 4.74 Å². The third kappa shape index (κ3) is 4.96. The van der Waals surface area contributed by atoms with Crippen molar-refractivity contribution >= 4 is 17.9 Å². The molecule has 0 radical (unpaired) electrons. The highest BCUT2D eigenvalue weighted by molar-refractivity contribution is 5.67. The minimum absolute atomic E-state index is 0.349. The van der Waals surface area contributed by atoms with Gasteiger partial charge in [0.05, 0.1) is 0 Å². The summed E-state index contributed by atoms with van der Waals surface area (Å²) in [6.07, 6.45) is -6.96. The second-order valence-electron chi connectivity index (χ2n) is 4.51. The minimum atomic E-state index is -1.56. The highest BCUT2D eigenvalue weighted by Gasteiger charge is 2.48. The second-order valence-corrected chi connectivity index (χ2v) is 4.51. The van der Waals surface area contributed by atoms with E-state index in [4.69, 9.17) is 14.2 Å². The Balaban J connectivity index is 2.84. The van der Waals surface area contributed by atoms with E-state index in [9.17, 15) is 24.6 Å². The standard InChI is InChI=1S/C12H18O9/c1-5(13)18-4-8-9(16)10(17)11(19-6(2)14)12(21-8)20-7(3)15/h8-12,16-17H,4H2,1-3H3. The molecule has 0 saturated carbocycles. The van der Waals surface area contributed by atoms with Crippen molar-refractivity contribution in [2.75, 3.05) is 6.61 Å². The van der Waals surface area contributed by atoms with E-state index in [0.717, 1.165) is 20.8 Å². The van der Waals surface area contributed by atoms with Gasteiger partial charge in [-0.2, -0.15) is 0 Å². The Labute approximate surface area is 120 Å². The van der Waals surface area contributed by atoms with Crippen molar-refractivity contribution in [1.29, 1.82) is 0 Å². The van der Waals surface area contributed by atoms with Gasteiger partial charge in [0.15, 0.2) is 6.10 Å². The first-order chi connectivity index (χ1) is 9.72. The van der Waals surface area contributed by atoms with Crippen LogP contribution in [0.3, 0.4) is 0 Å². The average Bonchev–Trinajstić information content (AvgIpc) is 2.35. The van der Waals surface area contributed by atoms with Crippen molar-refractivity contribution in [2.45, 2.75) is 51.5 Å². The molecule has 5 atom stereocenters. The molecule has 0 amide bonds. The number of hydrogen-bond acceptors (Lipinski definition) is 9. The molecule has 5 unspecified atom stereocenters. The SMILES string of the molecule is CC(=O)OCC1OC(OC(C)=O)C(OC(C)=O)C(O)C1O. The Morgan fingerprint density at radius 2 is 1.52 bits per heavy atom. The fraction of sp³-hybridized carbons (Fsp3) is 0.750. The monoisotopic (exact) mass is 306 g/mol. The molecule has 0 aromatic carbocycles. The van der Waals surface area contributed by atoms with Crippen LogP contribution in [-0.4, -0.2) is 65.4 Å². The van der Waals surface area contributed by atoms with Gasteiger partial charge in [0, 0.05) is 20.8 Å². The first-order valence-electron chi connectivity index (χ1n) is 6.21. The molecule has 0 bridgehead atoms. The number of hydrogen-bond donors (Lipinski definition) is 2. The van der Waals surface area contributed by atoms with E-state index in [1.807, 2.05) is 0 Å². The van der Waals surface area contributed by atoms with Crippen LogP contribution in [0.15, 0.2) is 0 Å². The Bertz CT molecular complexity index is 406. The smallest absolute Gasteiger partial charge is 0.305 e. The molecular formula is C12H18O9. The zero-order valence-electron chi connectivity index (χ0n) is 11.8. The molecule has 21 heavy (non-hydrogen) atoms. The lowest BCUT2D eigenvalue weighted by Crippen LogP contribution is -2.60. The summed E-state index contributed by atoms with van der Waals surface area (Å²) in [6.45, 7) is 3.01. The number of aliphatic hydroxyl groups is 2. The lowest BCUT2D eigenvalue weighted by molar-refractivity contribution is -0.295. The van der Waals surface area contributed by atoms with Gasteiger partial charge in [0.25, 0.3) is 0 Å². The Hall–Kier alpha value is -1.71. The third-order valence-electron chi connectivity index (χ3n) is 2.68. The van der Waals surface area contributed by atoms with Gasteiger partial charge in [-0.25, -0.2) is 0 Å². The van der Waals surface area contributed by atoms with Crippen LogP contribution in [0.25, 0.3) is 0 Å². The largest absolute Gasteiger partial charge is 0.463 e. The predicted octanol–water partition coefficient (Wildman–Crippen LogP) is -1.51. The summed E-state index contributed by atoms with van der Waals surface area (Å²) in [5, 5.41) is 19.9. The summed E-state index contributed by atoms with van der Waals surface area (Å²) < 4.78 is 19.5. The molecule has 2 N–H and O–H groups in total. The summed E-state index contributed by atoms with van der Waals surface area (Å²) in [5.74, 6) is -2.08. The summed E-state index contributed by atoms with van der Waals surface area (Å²) in [5.41, 5.74) is 0. The third-order valence-corrected chi connectivity index (χ3v) is 2.68. The van der Waals surface area contributed by atoms with Crippen LogP contribution in [0, 0.1) is 0 Å². The van der Waals surface area contributed by atoms with E-state index < -0.39 is 48.6 Å². The molecule has 1 fully saturated rings. The maximum absolute atomic E-state index is 11.0. The Kier molecular flexibility index (Phi) is 6.06. The van der Waals surface area contributed by atoms with Gasteiger partial charge in [0.2, 0.25) is 6.29 Å². The molecule has 9 nitrogen and oxygen atoms in total. The van der Waals surface area contributed by atoms with Crippen LogP contribution in [0.1, 0.15) is 20.8 Å². The molecule has 1 aliphatic rings. The first kappa shape index (κ1) is 17.3. The van der Waals surface area contributed by atoms with E-state index in [1.165, 1.54) is 0 Å². The fourth-order valence-electron chi connectivity index (χ4n) is 1.82. The molecule has 120 valence electrons. The molecule has 1 heterocycles. The molecule has 1 saturated heterocycles. The Morgan fingerprint density at radius 3 is 2.00 bits per heavy atom. The Morgan fingerprint density at radius 1 is 0.952 bits per heavy atom. The molecule has 1 aliphatic heterocycles. The van der Waals surface area contributed by atoms with Gasteiger partial charge in [-0.05, 0) is 0 Å². The summed E-state index contributed by atoms with van der Waals surface area (Å²) in [6, 6.07) is 0. The van der Waals surface area contributed by atoms with E-state index in [1.54, 1.807) is 0 Å². The van der Waals surface area contributed by atoms with E-state index in [-0.39, 0.29) is 6.61 Å². The minimum Gasteiger partial charge on any atom is -0.463 e. The molecule has 0 aliphatic carbocycles. The van der Waals surface area contributed by atoms with Crippen molar-refractivity contribution in [3.63, 3.8) is 0 Å². The molecule has 1 rings (SSSR count). The number of carbonyl (C=O) groups is 3. The lowest BCUT2D eigenvalue weighted by atomic mass is 9.99. The summed E-state index contributed by atoms with van der Waals surface area (Å²) in [4.78, 5) is 32.8. The van der Waals surface area contributed by atoms with Crippen LogP contribution in [-0.2, 0) is 33.3 Å². The van der Waals surface area contributed by atoms with Crippen LogP contribution >= 0.6 is 0 Å². The number of ether oxygens (including phenoxy) is 4. The van der Waals surface area contributed by atoms with Gasteiger partial charge in [-0.3, -0.25) is 14.4 Å². The molecule has 0 aromatic heterocycles. The number of esters is 3. The zero-order valence-corrected chi connectivity index (χ0v) is 11.8. The van der Waals surface area contributed by atoms with Crippen molar-refractivity contribution in [2.24, 2.45) is 0 Å². The van der Waals surface area contributed by atoms with Crippen LogP contribution in [0.5, 0.6) is 0 Å². The van der Waals surface area contributed by atoms with Crippen molar-refractivity contribution in [3.8, 4) is 0 Å². The normalized spacial score (nSPS) is 32.1. The molecular weight excluding hydrogens is 288 g/mol. The van der Waals surface area contributed by atoms with E-state index >= 15 is 0 Å². The number of rotatable bonds is 4. The van der Waals surface area contributed by atoms with Gasteiger partial charge in [-0.15, -0.1) is 0 Å².